The van der Waals surface area contributed by atoms with Crippen molar-refractivity contribution in [3.05, 3.63) is 24.5 Å². The van der Waals surface area contributed by atoms with Gasteiger partial charge in [0.2, 0.25) is 0 Å². The van der Waals surface area contributed by atoms with Gasteiger partial charge in [-0.1, -0.05) is 13.8 Å². The molecule has 1 N–H and O–H groups in total. The molecule has 0 bridgehead atoms. The van der Waals surface area contributed by atoms with E-state index in [0.717, 1.165) is 5.69 Å². The van der Waals surface area contributed by atoms with Crippen molar-refractivity contribution >= 4 is 11.7 Å². The summed E-state index contributed by atoms with van der Waals surface area (Å²) in [5.74, 6) is -0.756. The van der Waals surface area contributed by atoms with Crippen LogP contribution < -0.4 is 4.90 Å². The lowest BCUT2D eigenvalue weighted by molar-refractivity contribution is -0.139. The average Bonchev–Trinajstić information content (AvgIpc) is 2.16. The van der Waals surface area contributed by atoms with E-state index >= 15 is 0 Å². The van der Waals surface area contributed by atoms with Gasteiger partial charge in [-0.2, -0.15) is 0 Å². The van der Waals surface area contributed by atoms with Crippen molar-refractivity contribution in [3.8, 4) is 0 Å². The first kappa shape index (κ1) is 12.5. The van der Waals surface area contributed by atoms with Crippen LogP contribution in [0, 0.1) is 5.41 Å². The predicted octanol–water partition coefficient (Wildman–Crippen LogP) is 2.02. The zero-order chi connectivity index (χ0) is 12.2. The molecule has 0 aliphatic carbocycles. The Morgan fingerprint density at radius 1 is 1.44 bits per heavy atom. The molecule has 4 nitrogen and oxygen atoms in total. The van der Waals surface area contributed by atoms with Gasteiger partial charge in [0.05, 0.1) is 6.42 Å². The van der Waals surface area contributed by atoms with E-state index in [0.29, 0.717) is 6.54 Å². The zero-order valence-corrected chi connectivity index (χ0v) is 9.97. The minimum absolute atomic E-state index is 0.169. The fourth-order valence-electron chi connectivity index (χ4n) is 1.80. The van der Waals surface area contributed by atoms with Gasteiger partial charge in [-0.3, -0.25) is 9.78 Å². The number of rotatable bonds is 5. The smallest absolute Gasteiger partial charge is 0.303 e. The molecular formula is C12H18N2O2. The van der Waals surface area contributed by atoms with E-state index in [2.05, 4.69) is 4.98 Å². The lowest BCUT2D eigenvalue weighted by Gasteiger charge is -2.30. The molecule has 0 fully saturated rings. The molecule has 0 unspecified atom stereocenters. The van der Waals surface area contributed by atoms with Crippen molar-refractivity contribution in [2.45, 2.75) is 20.3 Å². The van der Waals surface area contributed by atoms with E-state index in [-0.39, 0.29) is 11.8 Å². The Balaban J connectivity index is 2.64. The van der Waals surface area contributed by atoms with E-state index < -0.39 is 5.97 Å². The molecule has 0 saturated carbocycles. The summed E-state index contributed by atoms with van der Waals surface area (Å²) >= 11 is 0. The first-order chi connectivity index (χ1) is 7.41. The molecule has 4 heteroatoms. The second-order valence-electron chi connectivity index (χ2n) is 4.80. The van der Waals surface area contributed by atoms with Gasteiger partial charge in [0, 0.05) is 31.7 Å². The summed E-state index contributed by atoms with van der Waals surface area (Å²) in [6.45, 7) is 4.61. The minimum atomic E-state index is -0.756. The molecule has 88 valence electrons. The Morgan fingerprint density at radius 3 is 2.50 bits per heavy atom. The first-order valence-electron chi connectivity index (χ1n) is 5.24. The molecule has 0 aliphatic heterocycles. The highest BCUT2D eigenvalue weighted by molar-refractivity contribution is 5.67. The van der Waals surface area contributed by atoms with E-state index in [4.69, 9.17) is 5.11 Å². The molecule has 0 aromatic carbocycles. The Morgan fingerprint density at radius 2 is 2.00 bits per heavy atom. The minimum Gasteiger partial charge on any atom is -0.481 e. The van der Waals surface area contributed by atoms with Crippen molar-refractivity contribution in [3.63, 3.8) is 0 Å². The van der Waals surface area contributed by atoms with Gasteiger partial charge < -0.3 is 10.0 Å². The second kappa shape index (κ2) is 4.96. The zero-order valence-electron chi connectivity index (χ0n) is 9.97. The topological polar surface area (TPSA) is 53.4 Å². The first-order valence-corrected chi connectivity index (χ1v) is 5.24. The lowest BCUT2D eigenvalue weighted by atomic mass is 9.89. The number of carboxylic acid groups (broad SMARTS) is 1. The van der Waals surface area contributed by atoms with Crippen LogP contribution in [0.2, 0.25) is 0 Å². The number of aliphatic carboxylic acids is 1. The van der Waals surface area contributed by atoms with Crippen molar-refractivity contribution in [2.24, 2.45) is 5.41 Å². The van der Waals surface area contributed by atoms with Crippen molar-refractivity contribution in [1.29, 1.82) is 0 Å². The summed E-state index contributed by atoms with van der Waals surface area (Å²) in [6, 6.07) is 3.83. The quantitative estimate of drug-likeness (QED) is 0.828. The van der Waals surface area contributed by atoms with Gasteiger partial charge >= 0.3 is 5.97 Å². The number of nitrogens with zero attached hydrogens (tertiary/aromatic N) is 2. The fraction of sp³-hybridized carbons (Fsp3) is 0.500. The Hall–Kier alpha value is -1.58. The van der Waals surface area contributed by atoms with Crippen LogP contribution in [0.1, 0.15) is 20.3 Å². The van der Waals surface area contributed by atoms with Gasteiger partial charge in [-0.25, -0.2) is 0 Å². The van der Waals surface area contributed by atoms with Gasteiger partial charge in [0.15, 0.2) is 0 Å². The van der Waals surface area contributed by atoms with Gasteiger partial charge in [-0.15, -0.1) is 0 Å². The lowest BCUT2D eigenvalue weighted by Crippen LogP contribution is -2.33. The Bertz CT molecular complexity index is 349. The number of carbonyl (C=O) groups is 1. The molecule has 0 saturated heterocycles. The highest BCUT2D eigenvalue weighted by Crippen LogP contribution is 2.23. The van der Waals surface area contributed by atoms with Gasteiger partial charge in [0.1, 0.15) is 0 Å². The number of hydrogen-bond donors (Lipinski definition) is 1. The molecule has 16 heavy (non-hydrogen) atoms. The van der Waals surface area contributed by atoms with Crippen molar-refractivity contribution in [1.82, 2.24) is 4.98 Å². The average molecular weight is 222 g/mol. The van der Waals surface area contributed by atoms with E-state index in [1.54, 1.807) is 12.4 Å². The second-order valence-corrected chi connectivity index (χ2v) is 4.80. The molecule has 0 radical (unpaired) electrons. The maximum Gasteiger partial charge on any atom is 0.303 e. The SMILES string of the molecule is CN(CC(C)(C)CC(=O)O)c1ccncc1. The van der Waals surface area contributed by atoms with Crippen LogP contribution in [0.15, 0.2) is 24.5 Å². The summed E-state index contributed by atoms with van der Waals surface area (Å²) in [5.41, 5.74) is 0.803. The van der Waals surface area contributed by atoms with Crippen LogP contribution in [0.5, 0.6) is 0 Å². The van der Waals surface area contributed by atoms with Gasteiger partial charge in [-0.05, 0) is 17.5 Å². The molecule has 0 aliphatic rings. The summed E-state index contributed by atoms with van der Waals surface area (Å²) in [5, 5.41) is 8.80. The maximum atomic E-state index is 10.7. The summed E-state index contributed by atoms with van der Waals surface area (Å²) in [4.78, 5) is 16.7. The summed E-state index contributed by atoms with van der Waals surface area (Å²) in [6.07, 6.45) is 3.63. The van der Waals surface area contributed by atoms with Crippen LogP contribution in [0.4, 0.5) is 5.69 Å². The van der Waals surface area contributed by atoms with Crippen molar-refractivity contribution in [2.75, 3.05) is 18.5 Å². The van der Waals surface area contributed by atoms with Crippen LogP contribution in [-0.4, -0.2) is 29.7 Å². The van der Waals surface area contributed by atoms with Crippen LogP contribution >= 0.6 is 0 Å². The molecule has 1 aromatic heterocycles. The maximum absolute atomic E-state index is 10.7. The molecule has 1 aromatic rings. The summed E-state index contributed by atoms with van der Waals surface area (Å²) in [7, 11) is 1.96. The van der Waals surface area contributed by atoms with E-state index in [9.17, 15) is 4.79 Å². The number of hydrogen-bond acceptors (Lipinski definition) is 3. The molecule has 0 spiro atoms. The largest absolute Gasteiger partial charge is 0.481 e. The third-order valence-corrected chi connectivity index (χ3v) is 2.40. The highest BCUT2D eigenvalue weighted by Gasteiger charge is 2.23. The molecule has 0 atom stereocenters. The van der Waals surface area contributed by atoms with Gasteiger partial charge in [0.25, 0.3) is 0 Å². The highest BCUT2D eigenvalue weighted by atomic mass is 16.4. The van der Waals surface area contributed by atoms with Crippen LogP contribution in [-0.2, 0) is 4.79 Å². The van der Waals surface area contributed by atoms with Crippen LogP contribution in [0.25, 0.3) is 0 Å². The third-order valence-electron chi connectivity index (χ3n) is 2.40. The number of carboxylic acids is 1. The predicted molar refractivity (Wildman–Crippen MR) is 63.5 cm³/mol. The number of anilines is 1. The Labute approximate surface area is 95.9 Å². The van der Waals surface area contributed by atoms with E-state index in [1.807, 2.05) is 37.9 Å². The molecular weight excluding hydrogens is 204 g/mol. The fourth-order valence-corrected chi connectivity index (χ4v) is 1.80. The third kappa shape index (κ3) is 3.88. The molecule has 1 rings (SSSR count). The number of pyridine rings is 1. The number of aromatic nitrogens is 1. The standard InChI is InChI=1S/C12H18N2O2/c1-12(2,8-11(15)16)9-14(3)10-4-6-13-7-5-10/h4-7H,8-9H2,1-3H3,(H,15,16). The van der Waals surface area contributed by atoms with E-state index in [1.165, 1.54) is 0 Å². The van der Waals surface area contributed by atoms with Crippen molar-refractivity contribution < 1.29 is 9.90 Å². The Kier molecular flexibility index (Phi) is 3.88. The molecule has 1 heterocycles. The monoisotopic (exact) mass is 222 g/mol. The summed E-state index contributed by atoms with van der Waals surface area (Å²) < 4.78 is 0. The normalized spacial score (nSPS) is 11.2. The molecule has 0 amide bonds. The van der Waals surface area contributed by atoms with Crippen LogP contribution in [0.3, 0.4) is 0 Å².